The van der Waals surface area contributed by atoms with E-state index in [1.165, 1.54) is 12.3 Å². The van der Waals surface area contributed by atoms with Crippen LogP contribution in [0.3, 0.4) is 0 Å². The lowest BCUT2D eigenvalue weighted by Gasteiger charge is -2.18. The second kappa shape index (κ2) is 8.39. The van der Waals surface area contributed by atoms with Gasteiger partial charge in [0, 0.05) is 19.3 Å². The number of nitrogens with one attached hydrogen (secondary N) is 2. The minimum absolute atomic E-state index is 0.278. The molecule has 2 aromatic rings. The van der Waals surface area contributed by atoms with Gasteiger partial charge in [-0.1, -0.05) is 12.1 Å². The molecule has 1 aliphatic heterocycles. The highest BCUT2D eigenvalue weighted by Crippen LogP contribution is 2.29. The normalized spacial score (nSPS) is 16.4. The van der Waals surface area contributed by atoms with E-state index in [1.54, 1.807) is 29.4 Å². The number of rotatable bonds is 6. The third kappa shape index (κ3) is 5.07. The van der Waals surface area contributed by atoms with Gasteiger partial charge in [0.05, 0.1) is 29.7 Å². The molecule has 1 unspecified atom stereocenters. The number of amides is 1. The maximum atomic E-state index is 12.8. The monoisotopic (exact) mass is 391 g/mol. The first-order valence-electron chi connectivity index (χ1n) is 8.69. The van der Waals surface area contributed by atoms with Crippen LogP contribution in [0.15, 0.2) is 47.6 Å². The molecule has 1 atom stereocenters. The van der Waals surface area contributed by atoms with Crippen molar-refractivity contribution >= 4 is 12.2 Å². The molecule has 0 saturated carbocycles. The Morgan fingerprint density at radius 1 is 1.29 bits per heavy atom. The Bertz CT molecular complexity index is 851. The summed E-state index contributed by atoms with van der Waals surface area (Å²) in [4.78, 5) is 22.5. The Kier molecular flexibility index (Phi) is 5.93. The lowest BCUT2D eigenvalue weighted by molar-refractivity contribution is -0.137. The van der Waals surface area contributed by atoms with Gasteiger partial charge in [0.15, 0.2) is 0 Å². The molecule has 1 aromatic carbocycles. The lowest BCUT2D eigenvalue weighted by Crippen LogP contribution is -2.37. The van der Waals surface area contributed by atoms with Crippen molar-refractivity contribution in [1.29, 1.82) is 0 Å². The molecule has 6 nitrogen and oxygen atoms in total. The minimum Gasteiger partial charge on any atom is -0.355 e. The smallest absolute Gasteiger partial charge is 0.355 e. The van der Waals surface area contributed by atoms with Crippen LogP contribution >= 0.6 is 0 Å². The van der Waals surface area contributed by atoms with Gasteiger partial charge in [-0.15, -0.1) is 0 Å². The Morgan fingerprint density at radius 2 is 2.11 bits per heavy atom. The summed E-state index contributed by atoms with van der Waals surface area (Å²) in [5.41, 5.74) is 1.09. The first-order chi connectivity index (χ1) is 13.3. The van der Waals surface area contributed by atoms with Crippen molar-refractivity contribution < 1.29 is 18.0 Å². The van der Waals surface area contributed by atoms with E-state index in [2.05, 4.69) is 20.6 Å². The van der Waals surface area contributed by atoms with E-state index >= 15 is 0 Å². The van der Waals surface area contributed by atoms with E-state index in [0.717, 1.165) is 17.8 Å². The van der Waals surface area contributed by atoms with E-state index in [9.17, 15) is 18.0 Å². The molecule has 2 heterocycles. The highest BCUT2D eigenvalue weighted by Gasteiger charge is 2.30. The van der Waals surface area contributed by atoms with Crippen LogP contribution in [0, 0.1) is 0 Å². The molecule has 2 N–H and O–H groups in total. The lowest BCUT2D eigenvalue weighted by atomic mass is 10.1. The van der Waals surface area contributed by atoms with E-state index < -0.39 is 17.9 Å². The Balaban J connectivity index is 1.54. The fraction of sp³-hybridized carbons (Fsp3) is 0.316. The Morgan fingerprint density at radius 3 is 2.79 bits per heavy atom. The van der Waals surface area contributed by atoms with Gasteiger partial charge < -0.3 is 15.5 Å². The average molecular weight is 391 g/mol. The molecule has 0 saturated heterocycles. The van der Waals surface area contributed by atoms with Crippen LogP contribution in [0.25, 0.3) is 0 Å². The highest BCUT2D eigenvalue weighted by atomic mass is 19.4. The highest BCUT2D eigenvalue weighted by molar-refractivity contribution is 5.94. The van der Waals surface area contributed by atoms with Crippen molar-refractivity contribution in [3.63, 3.8) is 0 Å². The van der Waals surface area contributed by atoms with Gasteiger partial charge in [0.2, 0.25) is 0 Å². The quantitative estimate of drug-likeness (QED) is 0.794. The molecule has 148 valence electrons. The molecule has 3 rings (SSSR count). The van der Waals surface area contributed by atoms with Crippen LogP contribution in [-0.4, -0.2) is 41.9 Å². The van der Waals surface area contributed by atoms with E-state index in [-0.39, 0.29) is 12.5 Å². The fourth-order valence-corrected chi connectivity index (χ4v) is 2.84. The molecule has 1 aromatic heterocycles. The largest absolute Gasteiger partial charge is 0.416 e. The fourth-order valence-electron chi connectivity index (χ4n) is 2.84. The molecule has 0 fully saturated rings. The summed E-state index contributed by atoms with van der Waals surface area (Å²) >= 11 is 0. The average Bonchev–Trinajstić information content (AvgIpc) is 3.09. The van der Waals surface area contributed by atoms with Crippen molar-refractivity contribution in [3.8, 4) is 0 Å². The first-order valence-corrected chi connectivity index (χ1v) is 8.69. The number of carbonyl (C=O) groups excluding carboxylic acids is 1. The van der Waals surface area contributed by atoms with Crippen LogP contribution in [-0.2, 0) is 19.3 Å². The summed E-state index contributed by atoms with van der Waals surface area (Å²) in [6.45, 7) is 1.27. The summed E-state index contributed by atoms with van der Waals surface area (Å²) in [6, 6.07) is 8.64. The maximum Gasteiger partial charge on any atom is 0.416 e. The van der Waals surface area contributed by atoms with Crippen LogP contribution in [0.1, 0.15) is 27.2 Å². The molecule has 0 radical (unpaired) electrons. The van der Waals surface area contributed by atoms with Crippen LogP contribution in [0.4, 0.5) is 13.2 Å². The van der Waals surface area contributed by atoms with Crippen molar-refractivity contribution in [1.82, 2.24) is 20.5 Å². The zero-order valence-corrected chi connectivity index (χ0v) is 15.2. The van der Waals surface area contributed by atoms with Gasteiger partial charge in [0.25, 0.3) is 5.91 Å². The molecule has 28 heavy (non-hydrogen) atoms. The SMILES string of the molecule is CNCc1ccc(C(=O)NC2CN(Cc3cccc(C(F)(F)F)c3)C=N2)cn1. The third-order valence-corrected chi connectivity index (χ3v) is 4.20. The molecular weight excluding hydrogens is 371 g/mol. The number of alkyl halides is 3. The summed E-state index contributed by atoms with van der Waals surface area (Å²) in [5.74, 6) is -0.299. The van der Waals surface area contributed by atoms with Gasteiger partial charge in [-0.05, 0) is 36.9 Å². The van der Waals surface area contributed by atoms with Gasteiger partial charge in [-0.3, -0.25) is 9.78 Å². The first kappa shape index (κ1) is 19.8. The second-order valence-electron chi connectivity index (χ2n) is 6.45. The van der Waals surface area contributed by atoms with Crippen LogP contribution < -0.4 is 10.6 Å². The number of hydrogen-bond donors (Lipinski definition) is 2. The van der Waals surface area contributed by atoms with Crippen molar-refractivity contribution in [2.24, 2.45) is 4.99 Å². The summed E-state index contributed by atoms with van der Waals surface area (Å²) in [6.07, 6.45) is -1.79. The molecule has 0 bridgehead atoms. The second-order valence-corrected chi connectivity index (χ2v) is 6.45. The molecular formula is C19H20F3N5O. The predicted octanol–water partition coefficient (Wildman–Crippen LogP) is 2.42. The Labute approximate surface area is 160 Å². The van der Waals surface area contributed by atoms with Gasteiger partial charge in [-0.2, -0.15) is 13.2 Å². The Hall–Kier alpha value is -2.94. The van der Waals surface area contributed by atoms with E-state index in [1.807, 2.05) is 7.05 Å². The molecule has 1 amide bonds. The summed E-state index contributed by atoms with van der Waals surface area (Å²) < 4.78 is 38.5. The maximum absolute atomic E-state index is 12.8. The van der Waals surface area contributed by atoms with Gasteiger partial charge >= 0.3 is 6.18 Å². The van der Waals surface area contributed by atoms with Gasteiger partial charge in [0.1, 0.15) is 6.17 Å². The number of halogens is 3. The number of hydrogen-bond acceptors (Lipinski definition) is 5. The third-order valence-electron chi connectivity index (χ3n) is 4.20. The molecule has 0 aliphatic carbocycles. The van der Waals surface area contributed by atoms with Crippen molar-refractivity contribution in [3.05, 3.63) is 65.0 Å². The molecule has 1 aliphatic rings. The zero-order chi connectivity index (χ0) is 20.1. The summed E-state index contributed by atoms with van der Waals surface area (Å²) in [7, 11) is 1.81. The van der Waals surface area contributed by atoms with Crippen molar-refractivity contribution in [2.75, 3.05) is 13.6 Å². The predicted molar refractivity (Wildman–Crippen MR) is 98.6 cm³/mol. The minimum atomic E-state index is -4.37. The zero-order valence-electron chi connectivity index (χ0n) is 15.2. The summed E-state index contributed by atoms with van der Waals surface area (Å²) in [5, 5.41) is 5.76. The number of pyridine rings is 1. The van der Waals surface area contributed by atoms with E-state index in [0.29, 0.717) is 24.2 Å². The number of aliphatic imine (C=N–C) groups is 1. The standard InChI is InChI=1S/C19H20F3N5O/c1-23-9-16-6-5-14(8-24-16)18(28)26-17-11-27(12-25-17)10-13-3-2-4-15(7-13)19(20,21)22/h2-8,12,17,23H,9-11H2,1H3,(H,26,28). The van der Waals surface area contributed by atoms with Crippen LogP contribution in [0.5, 0.6) is 0 Å². The van der Waals surface area contributed by atoms with E-state index in [4.69, 9.17) is 0 Å². The number of carbonyl (C=O) groups is 1. The topological polar surface area (TPSA) is 69.6 Å². The van der Waals surface area contributed by atoms with Crippen molar-refractivity contribution in [2.45, 2.75) is 25.4 Å². The molecule has 0 spiro atoms. The number of aromatic nitrogens is 1. The number of nitrogens with zero attached hydrogens (tertiary/aromatic N) is 3. The van der Waals surface area contributed by atoms with Gasteiger partial charge in [-0.25, -0.2) is 4.99 Å². The van der Waals surface area contributed by atoms with Crippen LogP contribution in [0.2, 0.25) is 0 Å². The number of benzene rings is 1. The molecule has 9 heteroatoms.